The molecule has 0 aliphatic rings. The van der Waals surface area contributed by atoms with E-state index in [0.717, 1.165) is 4.90 Å². The molecule has 0 saturated heterocycles. The zero-order valence-electron chi connectivity index (χ0n) is 11.2. The maximum absolute atomic E-state index is 12.5. The summed E-state index contributed by atoms with van der Waals surface area (Å²) in [5.41, 5.74) is 0. The summed E-state index contributed by atoms with van der Waals surface area (Å²) in [5.74, 6) is 0. The Kier molecular flexibility index (Phi) is 4.68. The van der Waals surface area contributed by atoms with Crippen LogP contribution < -0.4 is 0 Å². The van der Waals surface area contributed by atoms with E-state index < -0.39 is 15.1 Å². The van der Waals surface area contributed by atoms with Crippen LogP contribution >= 0.6 is 11.8 Å². The van der Waals surface area contributed by atoms with E-state index in [1.165, 1.54) is 11.8 Å². The Balaban J connectivity index is 2.19. The molecule has 2 aromatic carbocycles. The van der Waals surface area contributed by atoms with E-state index >= 15 is 0 Å². The molecule has 20 heavy (non-hydrogen) atoms. The predicted octanol–water partition coefficient (Wildman–Crippen LogP) is 4.15. The van der Waals surface area contributed by atoms with E-state index in [-0.39, 0.29) is 0 Å². The van der Waals surface area contributed by atoms with E-state index in [4.69, 9.17) is 0 Å². The van der Waals surface area contributed by atoms with Crippen LogP contribution in [0.4, 0.5) is 0 Å². The van der Waals surface area contributed by atoms with Crippen molar-refractivity contribution < 1.29 is 8.42 Å². The summed E-state index contributed by atoms with van der Waals surface area (Å²) in [4.78, 5) is 1.95. The van der Waals surface area contributed by atoms with Gasteiger partial charge in [-0.05, 0) is 31.2 Å². The van der Waals surface area contributed by atoms with Crippen LogP contribution in [0.1, 0.15) is 6.92 Å². The SMILES string of the molecule is C=C(Sc1ccccc1)C(C)S(=O)(=O)c1ccccc1. The zero-order valence-corrected chi connectivity index (χ0v) is 12.8. The fraction of sp³-hybridized carbons (Fsp3) is 0.125. The molecule has 0 spiro atoms. The van der Waals surface area contributed by atoms with Gasteiger partial charge >= 0.3 is 0 Å². The molecule has 4 heteroatoms. The van der Waals surface area contributed by atoms with Crippen molar-refractivity contribution in [1.29, 1.82) is 0 Å². The lowest BCUT2D eigenvalue weighted by Crippen LogP contribution is -2.18. The number of rotatable bonds is 5. The smallest absolute Gasteiger partial charge is 0.185 e. The first-order chi connectivity index (χ1) is 9.51. The molecule has 104 valence electrons. The van der Waals surface area contributed by atoms with Crippen molar-refractivity contribution in [3.05, 3.63) is 72.1 Å². The summed E-state index contributed by atoms with van der Waals surface area (Å²) in [6, 6.07) is 18.2. The van der Waals surface area contributed by atoms with Gasteiger partial charge in [-0.2, -0.15) is 0 Å². The first kappa shape index (κ1) is 14.9. The summed E-state index contributed by atoms with van der Waals surface area (Å²) < 4.78 is 25.0. The standard InChI is InChI=1S/C16H16O2S2/c1-13(19-15-9-5-3-6-10-15)14(2)20(17,18)16-11-7-4-8-12-16/h3-12,14H,1H2,2H3. The van der Waals surface area contributed by atoms with Gasteiger partial charge in [0, 0.05) is 9.80 Å². The molecule has 0 bridgehead atoms. The number of benzene rings is 2. The molecule has 0 aliphatic heterocycles. The molecule has 2 nitrogen and oxygen atoms in total. The van der Waals surface area contributed by atoms with Gasteiger partial charge in [0.2, 0.25) is 0 Å². The fourth-order valence-corrected chi connectivity index (χ4v) is 4.29. The third kappa shape index (κ3) is 3.32. The van der Waals surface area contributed by atoms with Crippen LogP contribution in [0.25, 0.3) is 0 Å². The highest BCUT2D eigenvalue weighted by Crippen LogP contribution is 2.32. The Hall–Kier alpha value is -1.52. The van der Waals surface area contributed by atoms with Crippen molar-refractivity contribution in [3.63, 3.8) is 0 Å². The van der Waals surface area contributed by atoms with E-state index in [9.17, 15) is 8.42 Å². The molecule has 0 fully saturated rings. The molecule has 1 unspecified atom stereocenters. The molecule has 0 N–H and O–H groups in total. The molecule has 0 amide bonds. The number of sulfone groups is 1. The van der Waals surface area contributed by atoms with Crippen LogP contribution in [0.5, 0.6) is 0 Å². The number of hydrogen-bond acceptors (Lipinski definition) is 3. The summed E-state index contributed by atoms with van der Waals surface area (Å²) in [6.45, 7) is 5.61. The van der Waals surface area contributed by atoms with Crippen molar-refractivity contribution in [3.8, 4) is 0 Å². The van der Waals surface area contributed by atoms with Crippen molar-refractivity contribution in [2.45, 2.75) is 22.0 Å². The quantitative estimate of drug-likeness (QED) is 0.778. The maximum Gasteiger partial charge on any atom is 0.185 e. The minimum Gasteiger partial charge on any atom is -0.223 e. The highest BCUT2D eigenvalue weighted by Gasteiger charge is 2.25. The average molecular weight is 304 g/mol. The Morgan fingerprint density at radius 1 is 1.00 bits per heavy atom. The monoisotopic (exact) mass is 304 g/mol. The van der Waals surface area contributed by atoms with E-state index in [1.54, 1.807) is 37.3 Å². The lowest BCUT2D eigenvalue weighted by atomic mass is 10.4. The van der Waals surface area contributed by atoms with Crippen LogP contribution in [0.3, 0.4) is 0 Å². The largest absolute Gasteiger partial charge is 0.223 e. The second-order valence-corrected chi connectivity index (χ2v) is 7.85. The third-order valence-electron chi connectivity index (χ3n) is 2.98. The second-order valence-electron chi connectivity index (χ2n) is 4.38. The van der Waals surface area contributed by atoms with Crippen LogP contribution in [-0.4, -0.2) is 13.7 Å². The van der Waals surface area contributed by atoms with Crippen LogP contribution in [0.2, 0.25) is 0 Å². The van der Waals surface area contributed by atoms with E-state index in [2.05, 4.69) is 6.58 Å². The third-order valence-corrected chi connectivity index (χ3v) is 6.40. The Bertz CT molecular complexity index is 677. The van der Waals surface area contributed by atoms with Crippen molar-refractivity contribution >= 4 is 21.6 Å². The molecule has 2 rings (SSSR count). The lowest BCUT2D eigenvalue weighted by Gasteiger charge is -2.15. The lowest BCUT2D eigenvalue weighted by molar-refractivity contribution is 0.591. The molecule has 0 aliphatic carbocycles. The molecule has 0 heterocycles. The average Bonchev–Trinajstić information content (AvgIpc) is 2.48. The second kappa shape index (κ2) is 6.29. The summed E-state index contributed by atoms with van der Waals surface area (Å²) in [7, 11) is -3.38. The Morgan fingerprint density at radius 3 is 2.05 bits per heavy atom. The number of thioether (sulfide) groups is 1. The van der Waals surface area contributed by atoms with E-state index in [0.29, 0.717) is 9.80 Å². The number of hydrogen-bond donors (Lipinski definition) is 0. The first-order valence-electron chi connectivity index (χ1n) is 6.22. The van der Waals surface area contributed by atoms with Gasteiger partial charge in [-0.1, -0.05) is 54.7 Å². The topological polar surface area (TPSA) is 34.1 Å². The molecule has 0 saturated carbocycles. The van der Waals surface area contributed by atoms with Gasteiger partial charge in [0.25, 0.3) is 0 Å². The van der Waals surface area contributed by atoms with Gasteiger partial charge in [0.1, 0.15) is 0 Å². The summed E-state index contributed by atoms with van der Waals surface area (Å²) in [6.07, 6.45) is 0. The van der Waals surface area contributed by atoms with Crippen LogP contribution in [0, 0.1) is 0 Å². The van der Waals surface area contributed by atoms with Crippen molar-refractivity contribution in [1.82, 2.24) is 0 Å². The van der Waals surface area contributed by atoms with Crippen LogP contribution in [-0.2, 0) is 9.84 Å². The normalized spacial score (nSPS) is 12.8. The molecule has 0 aromatic heterocycles. The zero-order chi connectivity index (χ0) is 14.6. The fourth-order valence-electron chi connectivity index (χ4n) is 1.71. The van der Waals surface area contributed by atoms with Crippen LogP contribution in [0.15, 0.2) is 81.9 Å². The van der Waals surface area contributed by atoms with Gasteiger partial charge in [-0.25, -0.2) is 8.42 Å². The van der Waals surface area contributed by atoms with Crippen molar-refractivity contribution in [2.75, 3.05) is 0 Å². The first-order valence-corrected chi connectivity index (χ1v) is 8.59. The van der Waals surface area contributed by atoms with Gasteiger partial charge in [-0.15, -0.1) is 0 Å². The van der Waals surface area contributed by atoms with Gasteiger partial charge in [-0.3, -0.25) is 0 Å². The maximum atomic E-state index is 12.5. The minimum absolute atomic E-state index is 0.335. The molecular formula is C16H16O2S2. The van der Waals surface area contributed by atoms with Gasteiger partial charge < -0.3 is 0 Å². The molecule has 1 atom stereocenters. The highest BCUT2D eigenvalue weighted by atomic mass is 32.2. The summed E-state index contributed by atoms with van der Waals surface area (Å²) >= 11 is 1.40. The van der Waals surface area contributed by atoms with Gasteiger partial charge in [0.15, 0.2) is 9.84 Å². The summed E-state index contributed by atoms with van der Waals surface area (Å²) in [5, 5.41) is -0.630. The highest BCUT2D eigenvalue weighted by molar-refractivity contribution is 8.04. The Morgan fingerprint density at radius 2 is 1.50 bits per heavy atom. The molecular weight excluding hydrogens is 288 g/mol. The Labute approximate surface area is 124 Å². The van der Waals surface area contributed by atoms with E-state index in [1.807, 2.05) is 30.3 Å². The minimum atomic E-state index is -3.38. The van der Waals surface area contributed by atoms with Gasteiger partial charge in [0.05, 0.1) is 10.1 Å². The van der Waals surface area contributed by atoms with Crippen molar-refractivity contribution in [2.24, 2.45) is 0 Å². The molecule has 2 aromatic rings. The predicted molar refractivity (Wildman–Crippen MR) is 84.5 cm³/mol. The molecule has 0 radical (unpaired) electrons.